The molecule has 4 aliphatic carbocycles. The van der Waals surface area contributed by atoms with E-state index in [0.29, 0.717) is 35.0 Å². The van der Waals surface area contributed by atoms with Gasteiger partial charge in [-0.2, -0.15) is 13.2 Å². The molecule has 1 aromatic carbocycles. The van der Waals surface area contributed by atoms with Crippen molar-refractivity contribution in [2.45, 2.75) is 38.3 Å². The second-order valence-electron chi connectivity index (χ2n) is 7.66. The molecular weight excluding hydrogens is 376 g/mol. The Morgan fingerprint density at radius 1 is 1.12 bits per heavy atom. The number of benzene rings is 1. The van der Waals surface area contributed by atoms with Crippen LogP contribution in [0, 0.1) is 23.7 Å². The van der Waals surface area contributed by atoms with Crippen molar-refractivity contribution >= 4 is 17.4 Å². The average Bonchev–Trinajstić information content (AvgIpc) is 2.51. The third-order valence-electron chi connectivity index (χ3n) is 5.87. The molecular formula is C19H21ClF3NaO2. The second-order valence-corrected chi connectivity index (χ2v) is 8.07. The van der Waals surface area contributed by atoms with Gasteiger partial charge in [-0.15, -0.1) is 0 Å². The molecule has 0 atom stereocenters. The molecule has 1 aromatic rings. The van der Waals surface area contributed by atoms with Gasteiger partial charge in [0.1, 0.15) is 11.5 Å². The Kier molecular flexibility index (Phi) is 5.94. The molecule has 4 bridgehead atoms. The maximum Gasteiger partial charge on any atom is 1.00 e. The summed E-state index contributed by atoms with van der Waals surface area (Å²) < 4.78 is 43.7. The van der Waals surface area contributed by atoms with Crippen LogP contribution < -0.4 is 29.6 Å². The minimum atomic E-state index is -4.40. The Morgan fingerprint density at radius 3 is 2.19 bits per heavy atom. The monoisotopic (exact) mass is 396 g/mol. The fraction of sp³-hybridized carbons (Fsp3) is 0.579. The van der Waals surface area contributed by atoms with Gasteiger partial charge in [0.25, 0.3) is 0 Å². The van der Waals surface area contributed by atoms with E-state index in [1.807, 2.05) is 0 Å². The van der Waals surface area contributed by atoms with Crippen LogP contribution in [0.2, 0.25) is 5.02 Å². The van der Waals surface area contributed by atoms with Crippen LogP contribution in [0.25, 0.3) is 5.76 Å². The van der Waals surface area contributed by atoms with Gasteiger partial charge < -0.3 is 11.3 Å². The molecule has 0 saturated heterocycles. The summed E-state index contributed by atoms with van der Waals surface area (Å²) in [6.07, 6.45) is 1.04. The first-order valence-electron chi connectivity index (χ1n) is 8.72. The number of phenolic OH excluding ortho intramolecular Hbond substituents is 1. The number of rotatable bonds is 3. The Morgan fingerprint density at radius 2 is 1.69 bits per heavy atom. The van der Waals surface area contributed by atoms with E-state index in [1.54, 1.807) is 6.07 Å². The molecule has 5 rings (SSSR count). The van der Waals surface area contributed by atoms with Crippen molar-refractivity contribution in [1.29, 1.82) is 0 Å². The summed E-state index contributed by atoms with van der Waals surface area (Å²) in [5, 5.41) is 10.1. The molecule has 4 fully saturated rings. The largest absolute Gasteiger partial charge is 1.00 e. The summed E-state index contributed by atoms with van der Waals surface area (Å²) in [6, 6.07) is 4.54. The number of allylic oxidation sites excluding steroid dienone is 1. The van der Waals surface area contributed by atoms with E-state index in [1.165, 1.54) is 18.6 Å². The first-order chi connectivity index (χ1) is 11.8. The normalized spacial score (nSPS) is 29.5. The van der Waals surface area contributed by atoms with Crippen molar-refractivity contribution in [2.24, 2.45) is 23.7 Å². The van der Waals surface area contributed by atoms with Crippen molar-refractivity contribution in [3.8, 4) is 5.75 Å². The van der Waals surface area contributed by atoms with Crippen LogP contribution in [0.1, 0.15) is 39.1 Å². The Balaban J connectivity index is 0.00000131. The summed E-state index contributed by atoms with van der Waals surface area (Å²) in [4.78, 5) is 0. The van der Waals surface area contributed by atoms with Gasteiger partial charge >= 0.3 is 35.7 Å². The van der Waals surface area contributed by atoms with E-state index < -0.39 is 12.8 Å². The number of phenols is 1. The van der Waals surface area contributed by atoms with Crippen molar-refractivity contribution < 1.29 is 54.0 Å². The maximum atomic E-state index is 12.8. The standard InChI is InChI=1S/C19H20ClF3O2.Na.H/c20-15-2-1-12(8-16(15)24)18(25-9-19(21,22)23)17-13-4-10-3-11(6-13)7-14(17)5-10;;/h1-2,8,10-11,13-14,24H,3-7,9H2;;/q;+1;-1. The smallest absolute Gasteiger partial charge is 1.00 e. The molecule has 0 aliphatic heterocycles. The molecule has 0 amide bonds. The predicted molar refractivity (Wildman–Crippen MR) is 90.2 cm³/mol. The molecule has 0 heterocycles. The fourth-order valence-electron chi connectivity index (χ4n) is 5.20. The first-order valence-corrected chi connectivity index (χ1v) is 9.10. The average molecular weight is 397 g/mol. The van der Waals surface area contributed by atoms with Crippen LogP contribution in [0.3, 0.4) is 0 Å². The second kappa shape index (κ2) is 7.57. The summed E-state index contributed by atoms with van der Waals surface area (Å²) in [5.41, 5.74) is 1.51. The van der Waals surface area contributed by atoms with Gasteiger partial charge in [-0.25, -0.2) is 0 Å². The number of alkyl halides is 3. The zero-order valence-electron chi connectivity index (χ0n) is 15.7. The van der Waals surface area contributed by atoms with Crippen LogP contribution in [-0.4, -0.2) is 17.9 Å². The molecule has 1 N–H and O–H groups in total. The summed E-state index contributed by atoms with van der Waals surface area (Å²) in [6.45, 7) is -1.32. The van der Waals surface area contributed by atoms with Crippen molar-refractivity contribution in [3.05, 3.63) is 34.4 Å². The molecule has 0 unspecified atom stereocenters. The molecule has 26 heavy (non-hydrogen) atoms. The molecule has 0 radical (unpaired) electrons. The van der Waals surface area contributed by atoms with Crippen LogP contribution in [0.15, 0.2) is 23.8 Å². The molecule has 0 spiro atoms. The Labute approximate surface area is 179 Å². The van der Waals surface area contributed by atoms with Gasteiger partial charge in [0, 0.05) is 5.56 Å². The predicted octanol–water partition coefficient (Wildman–Crippen LogP) is 2.91. The molecule has 7 heteroatoms. The zero-order valence-corrected chi connectivity index (χ0v) is 17.4. The Hall–Kier alpha value is -0.360. The first kappa shape index (κ1) is 20.4. The van der Waals surface area contributed by atoms with E-state index in [2.05, 4.69) is 0 Å². The summed E-state index contributed by atoms with van der Waals surface area (Å²) in [7, 11) is 0. The van der Waals surface area contributed by atoms with Crippen LogP contribution in [0.5, 0.6) is 5.75 Å². The van der Waals surface area contributed by atoms with E-state index in [4.69, 9.17) is 16.3 Å². The van der Waals surface area contributed by atoms with E-state index >= 15 is 0 Å². The topological polar surface area (TPSA) is 29.5 Å². The van der Waals surface area contributed by atoms with E-state index in [9.17, 15) is 18.3 Å². The van der Waals surface area contributed by atoms with Crippen LogP contribution in [-0.2, 0) is 4.74 Å². The van der Waals surface area contributed by atoms with Crippen molar-refractivity contribution in [1.82, 2.24) is 0 Å². The minimum Gasteiger partial charge on any atom is -1.00 e. The number of hydrogen-bond donors (Lipinski definition) is 1. The van der Waals surface area contributed by atoms with Gasteiger partial charge in [-0.05, 0) is 79.5 Å². The zero-order chi connectivity index (χ0) is 17.8. The number of halogens is 4. The van der Waals surface area contributed by atoms with Gasteiger partial charge in [-0.3, -0.25) is 0 Å². The molecule has 0 aromatic heterocycles. The summed E-state index contributed by atoms with van der Waals surface area (Å²) in [5.74, 6) is 2.17. The molecule has 4 saturated carbocycles. The molecule has 2 nitrogen and oxygen atoms in total. The number of hydrogen-bond acceptors (Lipinski definition) is 2. The third kappa shape index (κ3) is 4.06. The Bertz CT molecular complexity index is 693. The fourth-order valence-corrected chi connectivity index (χ4v) is 5.32. The van der Waals surface area contributed by atoms with Gasteiger partial charge in [0.05, 0.1) is 5.02 Å². The quantitative estimate of drug-likeness (QED) is 0.629. The SMILES string of the molecule is Oc1cc(C(OCC(F)(F)F)=C2C3CC4CC(C3)CC2C4)ccc1Cl.[H-].[Na+]. The number of aromatic hydroxyl groups is 1. The van der Waals surface area contributed by atoms with Gasteiger partial charge in [0.15, 0.2) is 6.61 Å². The third-order valence-corrected chi connectivity index (χ3v) is 6.19. The number of ether oxygens (including phenoxy) is 1. The van der Waals surface area contributed by atoms with Crippen LogP contribution >= 0.6 is 11.6 Å². The van der Waals surface area contributed by atoms with E-state index in [-0.39, 0.29) is 41.8 Å². The van der Waals surface area contributed by atoms with Crippen LogP contribution in [0.4, 0.5) is 13.2 Å². The van der Waals surface area contributed by atoms with Crippen molar-refractivity contribution in [3.63, 3.8) is 0 Å². The van der Waals surface area contributed by atoms with Crippen molar-refractivity contribution in [2.75, 3.05) is 6.61 Å². The summed E-state index contributed by atoms with van der Waals surface area (Å²) >= 11 is 5.85. The molecule has 138 valence electrons. The minimum absolute atomic E-state index is 0. The van der Waals surface area contributed by atoms with Gasteiger partial charge in [0.2, 0.25) is 0 Å². The molecule has 4 aliphatic rings. The maximum absolute atomic E-state index is 12.8. The van der Waals surface area contributed by atoms with E-state index in [0.717, 1.165) is 31.3 Å². The van der Waals surface area contributed by atoms with Gasteiger partial charge in [-0.1, -0.05) is 11.6 Å².